The predicted molar refractivity (Wildman–Crippen MR) is 47.5 cm³/mol. The summed E-state index contributed by atoms with van der Waals surface area (Å²) in [4.78, 5) is 11.8. The average molecular weight is 207 g/mol. The van der Waals surface area contributed by atoms with E-state index in [0.29, 0.717) is 6.54 Å². The predicted octanol–water partition coefficient (Wildman–Crippen LogP) is 1.58. The van der Waals surface area contributed by atoms with Crippen LogP contribution in [0.25, 0.3) is 0 Å². The molecule has 0 aromatic heterocycles. The Hall–Kier alpha value is -0.710. The largest absolute Gasteiger partial charge is 0.477 e. The molecule has 0 unspecified atom stereocenters. The molecule has 1 N–H and O–H groups in total. The van der Waals surface area contributed by atoms with Crippen LogP contribution in [-0.2, 0) is 4.79 Å². The maximum atomic E-state index is 12.9. The Kier molecular flexibility index (Phi) is 3.42. The number of hydrogen-bond donors (Lipinski definition) is 1. The van der Waals surface area contributed by atoms with Crippen LogP contribution in [0.3, 0.4) is 0 Å². The third kappa shape index (κ3) is 2.41. The quantitative estimate of drug-likeness (QED) is 0.744. The van der Waals surface area contributed by atoms with E-state index in [2.05, 4.69) is 0 Å². The van der Waals surface area contributed by atoms with Gasteiger partial charge >= 0.3 is 11.9 Å². The van der Waals surface area contributed by atoms with E-state index in [1.807, 2.05) is 0 Å². The minimum atomic E-state index is -3.62. The Balaban J connectivity index is 2.50. The van der Waals surface area contributed by atoms with Gasteiger partial charge in [0.1, 0.15) is 0 Å². The van der Waals surface area contributed by atoms with Crippen LogP contribution in [0, 0.1) is 0 Å². The second kappa shape index (κ2) is 4.21. The van der Waals surface area contributed by atoms with Gasteiger partial charge in [-0.2, -0.15) is 8.78 Å². The fraction of sp³-hybridized carbons (Fsp3) is 0.889. The summed E-state index contributed by atoms with van der Waals surface area (Å²) in [5.74, 6) is -5.65. The molecule has 0 spiro atoms. The van der Waals surface area contributed by atoms with Gasteiger partial charge in [0.15, 0.2) is 0 Å². The van der Waals surface area contributed by atoms with Crippen LogP contribution in [0.4, 0.5) is 8.78 Å². The standard InChI is InChI=1S/C9H15F2NO2/c1-2-12(7-4-3-5-7)6-9(10,11)8(13)14/h7H,2-6H2,1H3,(H,13,14). The lowest BCUT2D eigenvalue weighted by Crippen LogP contribution is -2.49. The van der Waals surface area contributed by atoms with Crippen molar-refractivity contribution in [3.8, 4) is 0 Å². The van der Waals surface area contributed by atoms with Crippen molar-refractivity contribution < 1.29 is 18.7 Å². The molecule has 0 heterocycles. The summed E-state index contributed by atoms with van der Waals surface area (Å²) in [6.45, 7) is 1.59. The maximum Gasteiger partial charge on any atom is 0.375 e. The highest BCUT2D eigenvalue weighted by Crippen LogP contribution is 2.27. The summed E-state index contributed by atoms with van der Waals surface area (Å²) in [6, 6.07) is 0.158. The molecule has 0 atom stereocenters. The molecule has 0 aromatic carbocycles. The van der Waals surface area contributed by atoms with Gasteiger partial charge in [0.2, 0.25) is 0 Å². The molecule has 0 amide bonds. The van der Waals surface area contributed by atoms with Gasteiger partial charge in [0.25, 0.3) is 0 Å². The minimum absolute atomic E-state index is 0.158. The van der Waals surface area contributed by atoms with E-state index in [0.717, 1.165) is 19.3 Å². The maximum absolute atomic E-state index is 12.9. The van der Waals surface area contributed by atoms with E-state index in [-0.39, 0.29) is 6.04 Å². The first-order chi connectivity index (χ1) is 6.47. The second-order valence-electron chi connectivity index (χ2n) is 3.66. The summed E-state index contributed by atoms with van der Waals surface area (Å²) < 4.78 is 25.7. The fourth-order valence-electron chi connectivity index (χ4n) is 1.57. The zero-order valence-electron chi connectivity index (χ0n) is 8.17. The van der Waals surface area contributed by atoms with E-state index in [1.165, 1.54) is 0 Å². The number of carboxylic acids is 1. The number of aliphatic carboxylic acids is 1. The SMILES string of the molecule is CCN(CC(F)(F)C(=O)O)C1CCC1. The van der Waals surface area contributed by atoms with Gasteiger partial charge in [-0.15, -0.1) is 0 Å². The number of halogens is 2. The number of rotatable bonds is 5. The van der Waals surface area contributed by atoms with Gasteiger partial charge in [0.05, 0.1) is 6.54 Å². The Labute approximate surface area is 81.7 Å². The van der Waals surface area contributed by atoms with Crippen molar-refractivity contribution >= 4 is 5.97 Å². The van der Waals surface area contributed by atoms with E-state index in [1.54, 1.807) is 11.8 Å². The number of nitrogens with zero attached hydrogens (tertiary/aromatic N) is 1. The number of hydrogen-bond acceptors (Lipinski definition) is 2. The number of carboxylic acid groups (broad SMARTS) is 1. The Morgan fingerprint density at radius 3 is 2.43 bits per heavy atom. The van der Waals surface area contributed by atoms with Crippen molar-refractivity contribution in [2.75, 3.05) is 13.1 Å². The monoisotopic (exact) mass is 207 g/mol. The van der Waals surface area contributed by atoms with Crippen molar-refractivity contribution in [3.63, 3.8) is 0 Å². The molecule has 0 aliphatic heterocycles. The van der Waals surface area contributed by atoms with Crippen molar-refractivity contribution in [1.29, 1.82) is 0 Å². The normalized spacial score (nSPS) is 18.3. The van der Waals surface area contributed by atoms with Gasteiger partial charge in [-0.1, -0.05) is 13.3 Å². The van der Waals surface area contributed by atoms with Crippen LogP contribution in [-0.4, -0.2) is 41.0 Å². The van der Waals surface area contributed by atoms with E-state index >= 15 is 0 Å². The van der Waals surface area contributed by atoms with E-state index in [9.17, 15) is 13.6 Å². The highest BCUT2D eigenvalue weighted by Gasteiger charge is 2.42. The minimum Gasteiger partial charge on any atom is -0.477 e. The molecule has 1 fully saturated rings. The van der Waals surface area contributed by atoms with Crippen LogP contribution in [0.15, 0.2) is 0 Å². The molecule has 0 radical (unpaired) electrons. The molecule has 1 saturated carbocycles. The summed E-state index contributed by atoms with van der Waals surface area (Å²) in [6.07, 6.45) is 2.87. The first-order valence-electron chi connectivity index (χ1n) is 4.82. The van der Waals surface area contributed by atoms with Crippen LogP contribution in [0.2, 0.25) is 0 Å². The van der Waals surface area contributed by atoms with Crippen molar-refractivity contribution in [2.24, 2.45) is 0 Å². The van der Waals surface area contributed by atoms with Crippen molar-refractivity contribution in [3.05, 3.63) is 0 Å². The molecular formula is C9H15F2NO2. The molecule has 3 nitrogen and oxygen atoms in total. The van der Waals surface area contributed by atoms with Gasteiger partial charge in [0, 0.05) is 6.04 Å². The molecule has 1 rings (SSSR count). The lowest BCUT2D eigenvalue weighted by atomic mass is 9.91. The van der Waals surface area contributed by atoms with Crippen LogP contribution in [0.1, 0.15) is 26.2 Å². The summed E-state index contributed by atoms with van der Waals surface area (Å²) in [5, 5.41) is 8.28. The van der Waals surface area contributed by atoms with Crippen LogP contribution < -0.4 is 0 Å². The number of alkyl halides is 2. The summed E-state index contributed by atoms with van der Waals surface area (Å²) >= 11 is 0. The Morgan fingerprint density at radius 2 is 2.14 bits per heavy atom. The first-order valence-corrected chi connectivity index (χ1v) is 4.82. The fourth-order valence-corrected chi connectivity index (χ4v) is 1.57. The van der Waals surface area contributed by atoms with Crippen molar-refractivity contribution in [1.82, 2.24) is 4.90 Å². The third-order valence-electron chi connectivity index (χ3n) is 2.71. The molecular weight excluding hydrogens is 192 g/mol. The Bertz CT molecular complexity index is 217. The van der Waals surface area contributed by atoms with Gasteiger partial charge < -0.3 is 5.11 Å². The van der Waals surface area contributed by atoms with E-state index < -0.39 is 18.4 Å². The van der Waals surface area contributed by atoms with Crippen LogP contribution in [0.5, 0.6) is 0 Å². The topological polar surface area (TPSA) is 40.5 Å². The average Bonchev–Trinajstić information content (AvgIpc) is 1.99. The Morgan fingerprint density at radius 1 is 1.57 bits per heavy atom. The van der Waals surface area contributed by atoms with Crippen molar-refractivity contribution in [2.45, 2.75) is 38.2 Å². The molecule has 1 aliphatic rings. The molecule has 82 valence electrons. The molecule has 0 saturated heterocycles. The second-order valence-corrected chi connectivity index (χ2v) is 3.66. The highest BCUT2D eigenvalue weighted by molar-refractivity contribution is 5.75. The highest BCUT2D eigenvalue weighted by atomic mass is 19.3. The smallest absolute Gasteiger partial charge is 0.375 e. The summed E-state index contributed by atoms with van der Waals surface area (Å²) in [7, 11) is 0. The number of carbonyl (C=O) groups is 1. The van der Waals surface area contributed by atoms with Gasteiger partial charge in [-0.25, -0.2) is 4.79 Å². The molecule has 1 aliphatic carbocycles. The first kappa shape index (κ1) is 11.4. The lowest BCUT2D eigenvalue weighted by molar-refractivity contribution is -0.168. The molecule has 14 heavy (non-hydrogen) atoms. The zero-order valence-corrected chi connectivity index (χ0v) is 8.17. The molecule has 0 aromatic rings. The third-order valence-corrected chi connectivity index (χ3v) is 2.71. The van der Waals surface area contributed by atoms with Crippen LogP contribution >= 0.6 is 0 Å². The zero-order chi connectivity index (χ0) is 10.8. The molecule has 5 heteroatoms. The van der Waals surface area contributed by atoms with E-state index in [4.69, 9.17) is 5.11 Å². The lowest BCUT2D eigenvalue weighted by Gasteiger charge is -2.37. The molecule has 0 bridgehead atoms. The van der Waals surface area contributed by atoms with Gasteiger partial charge in [-0.05, 0) is 19.4 Å². The van der Waals surface area contributed by atoms with Gasteiger partial charge in [-0.3, -0.25) is 4.90 Å². The summed E-state index contributed by atoms with van der Waals surface area (Å²) in [5.41, 5.74) is 0.